The molecule has 0 aliphatic heterocycles. The van der Waals surface area contributed by atoms with Crippen molar-refractivity contribution in [1.29, 1.82) is 0 Å². The van der Waals surface area contributed by atoms with E-state index in [4.69, 9.17) is 11.6 Å². The summed E-state index contributed by atoms with van der Waals surface area (Å²) in [7, 11) is 0. The fourth-order valence-electron chi connectivity index (χ4n) is 2.09. The lowest BCUT2D eigenvalue weighted by Crippen LogP contribution is -2.12. The van der Waals surface area contributed by atoms with Gasteiger partial charge in [0.25, 0.3) is 0 Å². The van der Waals surface area contributed by atoms with Gasteiger partial charge in [-0.05, 0) is 41.2 Å². The van der Waals surface area contributed by atoms with Gasteiger partial charge in [0, 0.05) is 5.38 Å². The molecule has 0 saturated heterocycles. The Balaban J connectivity index is 2.54. The Morgan fingerprint density at radius 1 is 0.947 bits per heavy atom. The Labute approximate surface area is 124 Å². The van der Waals surface area contributed by atoms with Crippen LogP contribution in [0.4, 0.5) is 0 Å². The predicted octanol–water partition coefficient (Wildman–Crippen LogP) is 5.96. The molecule has 0 bridgehead atoms. The fraction of sp³-hybridized carbons (Fsp3) is 0.667. The summed E-state index contributed by atoms with van der Waals surface area (Å²) in [5, 5.41) is 0.250. The van der Waals surface area contributed by atoms with Crippen LogP contribution in [0.1, 0.15) is 65.5 Å². The number of rotatable bonds is 4. The summed E-state index contributed by atoms with van der Waals surface area (Å²) in [4.78, 5) is 0. The molecule has 0 spiro atoms. The van der Waals surface area contributed by atoms with Gasteiger partial charge in [0.05, 0.1) is 0 Å². The third-order valence-electron chi connectivity index (χ3n) is 3.48. The molecular weight excluding hydrogens is 252 g/mol. The van der Waals surface area contributed by atoms with Gasteiger partial charge in [0.2, 0.25) is 0 Å². The second kappa shape index (κ2) is 6.31. The molecule has 0 saturated carbocycles. The van der Waals surface area contributed by atoms with E-state index in [1.807, 2.05) is 0 Å². The Bertz CT molecular complexity index is 376. The van der Waals surface area contributed by atoms with Gasteiger partial charge in [-0.15, -0.1) is 11.6 Å². The van der Waals surface area contributed by atoms with Crippen molar-refractivity contribution < 1.29 is 0 Å². The molecule has 1 unspecified atom stereocenters. The highest BCUT2D eigenvalue weighted by molar-refractivity contribution is 6.20. The number of hydrogen-bond acceptors (Lipinski definition) is 0. The molecule has 0 aromatic heterocycles. The SMILES string of the molecule is CC(C)(C)CCC(Cl)Cc1ccc(C(C)(C)C)cc1. The van der Waals surface area contributed by atoms with Gasteiger partial charge in [0.1, 0.15) is 0 Å². The van der Waals surface area contributed by atoms with Gasteiger partial charge in [0.15, 0.2) is 0 Å². The highest BCUT2D eigenvalue weighted by Gasteiger charge is 2.15. The molecule has 1 aromatic rings. The Morgan fingerprint density at radius 2 is 1.47 bits per heavy atom. The third kappa shape index (κ3) is 6.47. The molecule has 0 N–H and O–H groups in total. The first-order valence-electron chi connectivity index (χ1n) is 7.31. The summed E-state index contributed by atoms with van der Waals surface area (Å²) in [5.74, 6) is 0. The summed E-state index contributed by atoms with van der Waals surface area (Å²) >= 11 is 6.45. The first-order valence-corrected chi connectivity index (χ1v) is 7.75. The molecule has 1 rings (SSSR count). The monoisotopic (exact) mass is 280 g/mol. The third-order valence-corrected chi connectivity index (χ3v) is 3.86. The minimum absolute atomic E-state index is 0.227. The average molecular weight is 281 g/mol. The molecule has 0 fully saturated rings. The van der Waals surface area contributed by atoms with Crippen LogP contribution in [0.25, 0.3) is 0 Å². The summed E-state index contributed by atoms with van der Waals surface area (Å²) in [6, 6.07) is 8.94. The molecule has 0 amide bonds. The molecule has 1 atom stereocenters. The van der Waals surface area contributed by atoms with Gasteiger partial charge < -0.3 is 0 Å². The Morgan fingerprint density at radius 3 is 1.89 bits per heavy atom. The van der Waals surface area contributed by atoms with Crippen LogP contribution >= 0.6 is 11.6 Å². The van der Waals surface area contributed by atoms with Gasteiger partial charge in [-0.1, -0.05) is 65.8 Å². The van der Waals surface area contributed by atoms with Crippen LogP contribution in [-0.2, 0) is 11.8 Å². The topological polar surface area (TPSA) is 0 Å². The van der Waals surface area contributed by atoms with E-state index in [-0.39, 0.29) is 10.8 Å². The molecule has 0 heterocycles. The quantitative estimate of drug-likeness (QED) is 0.597. The van der Waals surface area contributed by atoms with Crippen LogP contribution in [0.5, 0.6) is 0 Å². The zero-order valence-corrected chi connectivity index (χ0v) is 14.1. The highest BCUT2D eigenvalue weighted by Crippen LogP contribution is 2.26. The van der Waals surface area contributed by atoms with E-state index in [1.54, 1.807) is 0 Å². The number of halogens is 1. The van der Waals surface area contributed by atoms with E-state index in [2.05, 4.69) is 65.8 Å². The number of hydrogen-bond donors (Lipinski definition) is 0. The molecule has 0 radical (unpaired) electrons. The highest BCUT2D eigenvalue weighted by atomic mass is 35.5. The summed E-state index contributed by atoms with van der Waals surface area (Å²) in [6.07, 6.45) is 3.25. The summed E-state index contributed by atoms with van der Waals surface area (Å²) < 4.78 is 0. The Kier molecular flexibility index (Phi) is 5.50. The minimum Gasteiger partial charge on any atom is -0.123 e. The maximum absolute atomic E-state index is 6.45. The van der Waals surface area contributed by atoms with Crippen molar-refractivity contribution in [2.45, 2.75) is 71.6 Å². The lowest BCUT2D eigenvalue weighted by Gasteiger charge is -2.21. The lowest BCUT2D eigenvalue weighted by molar-refractivity contribution is 0.362. The van der Waals surface area contributed by atoms with Crippen molar-refractivity contribution in [3.8, 4) is 0 Å². The standard InChI is InChI=1S/C18H29Cl/c1-17(2,3)12-11-16(19)13-14-7-9-15(10-8-14)18(4,5)6/h7-10,16H,11-13H2,1-6H3. The van der Waals surface area contributed by atoms with Crippen molar-refractivity contribution in [3.05, 3.63) is 35.4 Å². The molecule has 0 nitrogen and oxygen atoms in total. The molecule has 19 heavy (non-hydrogen) atoms. The second-order valence-corrected chi connectivity index (χ2v) is 8.46. The molecule has 108 valence electrons. The molecule has 1 heteroatoms. The number of benzene rings is 1. The maximum atomic E-state index is 6.45. The molecule has 1 aromatic carbocycles. The smallest absolute Gasteiger partial charge is 0.0376 e. The largest absolute Gasteiger partial charge is 0.123 e. The van der Waals surface area contributed by atoms with Crippen LogP contribution < -0.4 is 0 Å². The normalized spacial score (nSPS) is 14.5. The molecular formula is C18H29Cl. The van der Waals surface area contributed by atoms with E-state index in [0.717, 1.165) is 12.8 Å². The van der Waals surface area contributed by atoms with Crippen molar-refractivity contribution in [2.75, 3.05) is 0 Å². The zero-order valence-electron chi connectivity index (χ0n) is 13.4. The van der Waals surface area contributed by atoms with Gasteiger partial charge >= 0.3 is 0 Å². The summed E-state index contributed by atoms with van der Waals surface area (Å²) in [5.41, 5.74) is 3.34. The van der Waals surface area contributed by atoms with Crippen molar-refractivity contribution >= 4 is 11.6 Å². The number of alkyl halides is 1. The van der Waals surface area contributed by atoms with Crippen LogP contribution in [0.3, 0.4) is 0 Å². The van der Waals surface area contributed by atoms with E-state index >= 15 is 0 Å². The minimum atomic E-state index is 0.227. The van der Waals surface area contributed by atoms with Gasteiger partial charge in [-0.25, -0.2) is 0 Å². The fourth-order valence-corrected chi connectivity index (χ4v) is 2.38. The van der Waals surface area contributed by atoms with E-state index in [1.165, 1.54) is 17.5 Å². The first kappa shape index (κ1) is 16.6. The van der Waals surface area contributed by atoms with Crippen LogP contribution in [-0.4, -0.2) is 5.38 Å². The van der Waals surface area contributed by atoms with Crippen LogP contribution in [0, 0.1) is 5.41 Å². The molecule has 0 aliphatic carbocycles. The molecule has 0 aliphatic rings. The summed E-state index contributed by atoms with van der Waals surface area (Å²) in [6.45, 7) is 13.6. The van der Waals surface area contributed by atoms with Crippen LogP contribution in [0.2, 0.25) is 0 Å². The first-order chi connectivity index (χ1) is 8.58. The lowest BCUT2D eigenvalue weighted by atomic mass is 9.86. The van der Waals surface area contributed by atoms with E-state index < -0.39 is 0 Å². The predicted molar refractivity (Wildman–Crippen MR) is 87.2 cm³/mol. The average Bonchev–Trinajstić information content (AvgIpc) is 2.25. The van der Waals surface area contributed by atoms with Gasteiger partial charge in [-0.3, -0.25) is 0 Å². The second-order valence-electron chi connectivity index (χ2n) is 7.85. The van der Waals surface area contributed by atoms with Crippen molar-refractivity contribution in [2.24, 2.45) is 5.41 Å². The van der Waals surface area contributed by atoms with Crippen LogP contribution in [0.15, 0.2) is 24.3 Å². The van der Waals surface area contributed by atoms with Crippen molar-refractivity contribution in [1.82, 2.24) is 0 Å². The van der Waals surface area contributed by atoms with Gasteiger partial charge in [-0.2, -0.15) is 0 Å². The zero-order chi connectivity index (χ0) is 14.7. The van der Waals surface area contributed by atoms with E-state index in [0.29, 0.717) is 5.41 Å². The Hall–Kier alpha value is -0.490. The van der Waals surface area contributed by atoms with Crippen molar-refractivity contribution in [3.63, 3.8) is 0 Å². The maximum Gasteiger partial charge on any atom is 0.0376 e. The van der Waals surface area contributed by atoms with E-state index in [9.17, 15) is 0 Å².